The Bertz CT molecular complexity index is 450. The number of hydrogen-bond donors (Lipinski definition) is 2. The molecule has 21 heavy (non-hydrogen) atoms. The molecule has 2 N–H and O–H groups in total. The maximum atomic E-state index is 4.57. The van der Waals surface area contributed by atoms with Gasteiger partial charge in [0.05, 0.1) is 0 Å². The fourth-order valence-corrected chi connectivity index (χ4v) is 3.70. The van der Waals surface area contributed by atoms with E-state index in [9.17, 15) is 0 Å². The third-order valence-corrected chi connectivity index (χ3v) is 4.88. The van der Waals surface area contributed by atoms with Gasteiger partial charge in [-0.15, -0.1) is 0 Å². The van der Waals surface area contributed by atoms with Crippen LogP contribution >= 0.6 is 0 Å². The van der Waals surface area contributed by atoms with Crippen LogP contribution in [0.15, 0.2) is 12.3 Å². The molecule has 1 aromatic rings. The van der Waals surface area contributed by atoms with Gasteiger partial charge in [-0.25, -0.2) is 4.98 Å². The number of fused-ring (bicyclic) bond motifs is 2. The summed E-state index contributed by atoms with van der Waals surface area (Å²) in [4.78, 5) is 11.4. The highest BCUT2D eigenvalue weighted by molar-refractivity contribution is 5.40. The first-order chi connectivity index (χ1) is 10.3. The Morgan fingerprint density at radius 1 is 1.29 bits per heavy atom. The van der Waals surface area contributed by atoms with E-state index in [1.54, 1.807) is 0 Å². The van der Waals surface area contributed by atoms with E-state index < -0.39 is 0 Å². The van der Waals surface area contributed by atoms with Gasteiger partial charge in [0, 0.05) is 30.9 Å². The van der Waals surface area contributed by atoms with Crippen molar-refractivity contribution in [3.8, 4) is 0 Å². The molecule has 2 fully saturated rings. The molecule has 0 saturated carbocycles. The second kappa shape index (κ2) is 6.60. The van der Waals surface area contributed by atoms with Crippen LogP contribution in [0.3, 0.4) is 0 Å². The maximum Gasteiger partial charge on any atom is 0.224 e. The number of nitrogens with one attached hydrogen (secondary N) is 2. The average Bonchev–Trinajstić information content (AvgIpc) is 2.47. The van der Waals surface area contributed by atoms with Crippen molar-refractivity contribution in [1.29, 1.82) is 0 Å². The molecular weight excluding hydrogens is 262 g/mol. The SMILES string of the molecule is CCCNc1nccc(NC2CC3CCCC(C2)N3C)n1. The molecule has 0 amide bonds. The average molecular weight is 289 g/mol. The molecule has 0 aliphatic carbocycles. The zero-order valence-electron chi connectivity index (χ0n) is 13.2. The van der Waals surface area contributed by atoms with Gasteiger partial charge >= 0.3 is 0 Å². The Hall–Kier alpha value is -1.36. The Labute approximate surface area is 127 Å². The number of piperidine rings is 2. The first-order valence-electron chi connectivity index (χ1n) is 8.31. The van der Waals surface area contributed by atoms with Crippen molar-refractivity contribution in [2.75, 3.05) is 24.2 Å². The molecule has 2 unspecified atom stereocenters. The summed E-state index contributed by atoms with van der Waals surface area (Å²) in [5, 5.41) is 6.88. The van der Waals surface area contributed by atoms with Gasteiger partial charge in [-0.2, -0.15) is 4.98 Å². The number of rotatable bonds is 5. The van der Waals surface area contributed by atoms with E-state index in [1.165, 1.54) is 32.1 Å². The number of hydrogen-bond acceptors (Lipinski definition) is 5. The molecule has 116 valence electrons. The largest absolute Gasteiger partial charge is 0.367 e. The Balaban J connectivity index is 1.61. The van der Waals surface area contributed by atoms with Crippen LogP contribution < -0.4 is 10.6 Å². The van der Waals surface area contributed by atoms with Gasteiger partial charge in [0.25, 0.3) is 0 Å². The molecule has 3 rings (SSSR count). The lowest BCUT2D eigenvalue weighted by Crippen LogP contribution is -2.52. The number of aromatic nitrogens is 2. The van der Waals surface area contributed by atoms with Crippen LogP contribution in [0.2, 0.25) is 0 Å². The van der Waals surface area contributed by atoms with Crippen LogP contribution in [0.5, 0.6) is 0 Å². The third-order valence-electron chi connectivity index (χ3n) is 4.88. The Morgan fingerprint density at radius 2 is 2.05 bits per heavy atom. The standard InChI is InChI=1S/C16H27N5/c1-3-8-17-16-18-9-7-15(20-16)19-12-10-13-5-4-6-14(11-12)21(13)2/h7,9,12-14H,3-6,8,10-11H2,1-2H3,(H2,17,18,19,20). The maximum absolute atomic E-state index is 4.57. The predicted molar refractivity (Wildman–Crippen MR) is 86.6 cm³/mol. The number of nitrogens with zero attached hydrogens (tertiary/aromatic N) is 3. The second-order valence-electron chi connectivity index (χ2n) is 6.41. The van der Waals surface area contributed by atoms with Crippen molar-refractivity contribution < 1.29 is 0 Å². The van der Waals surface area contributed by atoms with Crippen LogP contribution in [0.4, 0.5) is 11.8 Å². The fraction of sp³-hybridized carbons (Fsp3) is 0.750. The molecule has 0 spiro atoms. The lowest BCUT2D eigenvalue weighted by atomic mass is 9.82. The number of anilines is 2. The zero-order chi connectivity index (χ0) is 14.7. The summed E-state index contributed by atoms with van der Waals surface area (Å²) in [6.07, 6.45) is 9.47. The summed E-state index contributed by atoms with van der Waals surface area (Å²) < 4.78 is 0. The lowest BCUT2D eigenvalue weighted by Gasteiger charge is -2.47. The highest BCUT2D eigenvalue weighted by Crippen LogP contribution is 2.33. The molecule has 3 heterocycles. The van der Waals surface area contributed by atoms with Gasteiger partial charge in [-0.05, 0) is 45.2 Å². The van der Waals surface area contributed by atoms with Gasteiger partial charge in [0.2, 0.25) is 5.95 Å². The van der Waals surface area contributed by atoms with Crippen molar-refractivity contribution >= 4 is 11.8 Å². The smallest absolute Gasteiger partial charge is 0.224 e. The molecule has 2 bridgehead atoms. The Morgan fingerprint density at radius 3 is 2.76 bits per heavy atom. The minimum Gasteiger partial charge on any atom is -0.367 e. The van der Waals surface area contributed by atoms with Crippen LogP contribution in [0.1, 0.15) is 45.4 Å². The third kappa shape index (κ3) is 3.46. The van der Waals surface area contributed by atoms with E-state index in [-0.39, 0.29) is 0 Å². The van der Waals surface area contributed by atoms with Crippen molar-refractivity contribution in [2.24, 2.45) is 0 Å². The monoisotopic (exact) mass is 289 g/mol. The first-order valence-corrected chi connectivity index (χ1v) is 8.31. The van der Waals surface area contributed by atoms with Crippen LogP contribution in [0, 0.1) is 0 Å². The summed E-state index contributed by atoms with van der Waals surface area (Å²) >= 11 is 0. The molecule has 5 nitrogen and oxygen atoms in total. The van der Waals surface area contributed by atoms with E-state index in [2.05, 4.69) is 39.5 Å². The molecule has 2 aliphatic rings. The molecule has 2 atom stereocenters. The van der Waals surface area contributed by atoms with Crippen molar-refractivity contribution in [2.45, 2.75) is 63.6 Å². The Kier molecular flexibility index (Phi) is 4.58. The fourth-order valence-electron chi connectivity index (χ4n) is 3.70. The van der Waals surface area contributed by atoms with E-state index in [4.69, 9.17) is 0 Å². The summed E-state index contributed by atoms with van der Waals surface area (Å²) in [7, 11) is 2.29. The van der Waals surface area contributed by atoms with Crippen LogP contribution in [-0.4, -0.2) is 46.6 Å². The van der Waals surface area contributed by atoms with Gasteiger partial charge in [0.15, 0.2) is 0 Å². The van der Waals surface area contributed by atoms with E-state index in [0.717, 1.165) is 36.8 Å². The predicted octanol–water partition coefficient (Wildman–Crippen LogP) is 2.73. The van der Waals surface area contributed by atoms with Crippen LogP contribution in [0.25, 0.3) is 0 Å². The molecule has 2 aliphatic heterocycles. The van der Waals surface area contributed by atoms with Gasteiger partial charge < -0.3 is 15.5 Å². The van der Waals surface area contributed by atoms with E-state index in [0.29, 0.717) is 6.04 Å². The molecule has 0 aromatic carbocycles. The summed E-state index contributed by atoms with van der Waals surface area (Å²) in [5.74, 6) is 1.69. The summed E-state index contributed by atoms with van der Waals surface area (Å²) in [6.45, 7) is 3.06. The highest BCUT2D eigenvalue weighted by Gasteiger charge is 2.35. The van der Waals surface area contributed by atoms with Gasteiger partial charge in [-0.1, -0.05) is 13.3 Å². The lowest BCUT2D eigenvalue weighted by molar-refractivity contribution is 0.0608. The highest BCUT2D eigenvalue weighted by atomic mass is 15.2. The molecular formula is C16H27N5. The van der Waals surface area contributed by atoms with E-state index >= 15 is 0 Å². The molecule has 0 radical (unpaired) electrons. The minimum absolute atomic E-state index is 0.547. The first kappa shape index (κ1) is 14.6. The van der Waals surface area contributed by atoms with Gasteiger partial charge in [-0.3, -0.25) is 0 Å². The van der Waals surface area contributed by atoms with E-state index in [1.807, 2.05) is 12.3 Å². The normalized spacial score (nSPS) is 29.1. The van der Waals surface area contributed by atoms with Gasteiger partial charge in [0.1, 0.15) is 5.82 Å². The second-order valence-corrected chi connectivity index (χ2v) is 6.41. The minimum atomic E-state index is 0.547. The van der Waals surface area contributed by atoms with Crippen molar-refractivity contribution in [3.63, 3.8) is 0 Å². The summed E-state index contributed by atoms with van der Waals surface area (Å²) in [5.41, 5.74) is 0. The molecule has 5 heteroatoms. The summed E-state index contributed by atoms with van der Waals surface area (Å²) in [6, 6.07) is 4.01. The quantitative estimate of drug-likeness (QED) is 0.873. The van der Waals surface area contributed by atoms with Crippen LogP contribution in [-0.2, 0) is 0 Å². The zero-order valence-corrected chi connectivity index (χ0v) is 13.2. The molecule has 1 aromatic heterocycles. The van der Waals surface area contributed by atoms with Crippen molar-refractivity contribution in [1.82, 2.24) is 14.9 Å². The van der Waals surface area contributed by atoms with Crippen molar-refractivity contribution in [3.05, 3.63) is 12.3 Å². The topological polar surface area (TPSA) is 53.1 Å². The molecule has 2 saturated heterocycles.